The van der Waals surface area contributed by atoms with E-state index in [1.165, 1.54) is 32.7 Å². The number of nitrogen functional groups attached to an aromatic ring is 1. The van der Waals surface area contributed by atoms with E-state index >= 15 is 4.39 Å². The zero-order chi connectivity index (χ0) is 30.8. The minimum atomic E-state index is -0.621. The predicted octanol–water partition coefficient (Wildman–Crippen LogP) is 5.21. The van der Waals surface area contributed by atoms with Gasteiger partial charge < -0.3 is 35.3 Å². The number of fused-ring (bicyclic) bond motifs is 1. The van der Waals surface area contributed by atoms with Gasteiger partial charge in [-0.3, -0.25) is 4.90 Å². The van der Waals surface area contributed by atoms with Crippen molar-refractivity contribution < 1.29 is 18.7 Å². The number of carbonyl (C=O) groups excluding carboxylic acids is 1. The molecule has 232 valence electrons. The van der Waals surface area contributed by atoms with Crippen LogP contribution in [0.1, 0.15) is 31.7 Å². The lowest BCUT2D eigenvalue weighted by Crippen LogP contribution is -2.49. The number of ether oxygens (including phenoxy) is 2. The first kappa shape index (κ1) is 29.6. The minimum absolute atomic E-state index is 0.0308. The summed E-state index contributed by atoms with van der Waals surface area (Å²) in [5.74, 6) is 0.756. The molecular weight excluding hydrogens is 563 g/mol. The fraction of sp³-hybridized carbons (Fsp3) is 0.406. The molecule has 0 spiro atoms. The molecule has 4 aromatic rings. The van der Waals surface area contributed by atoms with E-state index < -0.39 is 11.8 Å². The maximum atomic E-state index is 15.4. The third-order valence-electron chi connectivity index (χ3n) is 8.94. The van der Waals surface area contributed by atoms with Crippen molar-refractivity contribution in [1.82, 2.24) is 24.3 Å². The summed E-state index contributed by atoms with van der Waals surface area (Å²) in [4.78, 5) is 26.6. The van der Waals surface area contributed by atoms with E-state index in [0.29, 0.717) is 40.0 Å². The number of rotatable bonds is 7. The molecule has 0 radical (unpaired) electrons. The second-order valence-electron chi connectivity index (χ2n) is 11.5. The van der Waals surface area contributed by atoms with Gasteiger partial charge in [-0.05, 0) is 62.6 Å². The highest BCUT2D eigenvalue weighted by Gasteiger charge is 2.30. The smallest absolute Gasteiger partial charge is 0.323 e. The SMILES string of the molecule is COc1ccc(OC)c(NC(=O)Nc2ccc(-c3cn([C@H]4CC[C@@H](N5CCN(C)CC5)CC4)c4ncnc(N)c34)cc2F)c1. The maximum absolute atomic E-state index is 15.4. The van der Waals surface area contributed by atoms with E-state index in [0.717, 1.165) is 63.1 Å². The molecule has 1 saturated carbocycles. The molecule has 44 heavy (non-hydrogen) atoms. The minimum Gasteiger partial charge on any atom is -0.497 e. The molecule has 12 heteroatoms. The Morgan fingerprint density at radius 1 is 0.932 bits per heavy atom. The third-order valence-corrected chi connectivity index (χ3v) is 8.94. The number of hydrogen-bond acceptors (Lipinski definition) is 8. The molecule has 0 atom stereocenters. The van der Waals surface area contributed by atoms with Gasteiger partial charge >= 0.3 is 6.03 Å². The Balaban J connectivity index is 1.20. The quantitative estimate of drug-likeness (QED) is 0.264. The van der Waals surface area contributed by atoms with Gasteiger partial charge in [0, 0.05) is 56.1 Å². The Hall–Kier alpha value is -4.42. The fourth-order valence-electron chi connectivity index (χ4n) is 6.47. The van der Waals surface area contributed by atoms with Gasteiger partial charge in [-0.2, -0.15) is 0 Å². The van der Waals surface area contributed by atoms with Crippen LogP contribution in [0.2, 0.25) is 0 Å². The van der Waals surface area contributed by atoms with Crippen LogP contribution in [-0.4, -0.2) is 83.9 Å². The summed E-state index contributed by atoms with van der Waals surface area (Å²) in [6, 6.07) is 9.98. The first-order valence-electron chi connectivity index (χ1n) is 15.0. The molecular formula is C32H39FN8O3. The second-order valence-corrected chi connectivity index (χ2v) is 11.5. The second kappa shape index (κ2) is 12.7. The number of halogens is 1. The zero-order valence-corrected chi connectivity index (χ0v) is 25.3. The summed E-state index contributed by atoms with van der Waals surface area (Å²) in [5, 5.41) is 5.98. The van der Waals surface area contributed by atoms with E-state index in [2.05, 4.69) is 42.0 Å². The van der Waals surface area contributed by atoms with Gasteiger partial charge in [0.1, 0.15) is 35.1 Å². The van der Waals surface area contributed by atoms with Gasteiger partial charge in [0.15, 0.2) is 0 Å². The molecule has 1 aliphatic heterocycles. The monoisotopic (exact) mass is 602 g/mol. The number of piperazine rings is 1. The fourth-order valence-corrected chi connectivity index (χ4v) is 6.47. The summed E-state index contributed by atoms with van der Waals surface area (Å²) < 4.78 is 28.2. The summed E-state index contributed by atoms with van der Waals surface area (Å²) in [5.41, 5.74) is 8.93. The molecule has 0 unspecified atom stereocenters. The van der Waals surface area contributed by atoms with Gasteiger partial charge in [0.25, 0.3) is 0 Å². The molecule has 2 aliphatic rings. The molecule has 0 bridgehead atoms. The molecule has 2 amide bonds. The highest BCUT2D eigenvalue weighted by atomic mass is 19.1. The Kier molecular flexibility index (Phi) is 8.53. The molecule has 2 aromatic carbocycles. The van der Waals surface area contributed by atoms with Gasteiger partial charge in [-0.15, -0.1) is 0 Å². The average Bonchev–Trinajstić information content (AvgIpc) is 3.43. The molecule has 3 heterocycles. The number of hydrogen-bond donors (Lipinski definition) is 3. The van der Waals surface area contributed by atoms with Gasteiger partial charge in [-0.1, -0.05) is 6.07 Å². The number of likely N-dealkylation sites (N-methyl/N-ethyl adjacent to an activating group) is 1. The van der Waals surface area contributed by atoms with Crippen molar-refractivity contribution in [1.29, 1.82) is 0 Å². The van der Waals surface area contributed by atoms with Gasteiger partial charge in [0.2, 0.25) is 0 Å². The Labute approximate surface area is 256 Å². The summed E-state index contributed by atoms with van der Waals surface area (Å²) >= 11 is 0. The Morgan fingerprint density at radius 2 is 1.66 bits per heavy atom. The van der Waals surface area contributed by atoms with Crippen molar-refractivity contribution >= 4 is 34.3 Å². The lowest BCUT2D eigenvalue weighted by molar-refractivity contribution is 0.0828. The van der Waals surface area contributed by atoms with Crippen LogP contribution in [0.25, 0.3) is 22.2 Å². The largest absolute Gasteiger partial charge is 0.497 e. The van der Waals surface area contributed by atoms with E-state index in [1.54, 1.807) is 24.3 Å². The summed E-state index contributed by atoms with van der Waals surface area (Å²) in [6.45, 7) is 4.49. The van der Waals surface area contributed by atoms with Crippen LogP contribution in [-0.2, 0) is 0 Å². The standard InChI is InChI=1S/C32H39FN8O3/c1-39-12-14-40(15-13-39)21-5-7-22(8-6-21)41-18-24(29-30(34)35-19-36-31(29)41)20-4-10-26(25(33)16-20)37-32(42)38-27-17-23(43-2)9-11-28(27)44-3/h4,9-11,16-19,21-22H,5-8,12-15H2,1-3H3,(H2,34,35,36)(H2,37,38,42)/t21-,22+. The first-order valence-corrected chi connectivity index (χ1v) is 15.0. The summed E-state index contributed by atoms with van der Waals surface area (Å²) in [6.07, 6.45) is 7.84. The lowest BCUT2D eigenvalue weighted by atomic mass is 9.89. The Bertz CT molecular complexity index is 1640. The molecule has 11 nitrogen and oxygen atoms in total. The zero-order valence-electron chi connectivity index (χ0n) is 25.3. The van der Waals surface area contributed by atoms with E-state index in [9.17, 15) is 4.79 Å². The van der Waals surface area contributed by atoms with Crippen molar-refractivity contribution in [3.8, 4) is 22.6 Å². The van der Waals surface area contributed by atoms with Crippen molar-refractivity contribution in [3.05, 3.63) is 54.7 Å². The van der Waals surface area contributed by atoms with Crippen molar-refractivity contribution in [2.45, 2.75) is 37.8 Å². The Morgan fingerprint density at radius 3 is 2.36 bits per heavy atom. The highest BCUT2D eigenvalue weighted by Crippen LogP contribution is 2.39. The average molecular weight is 603 g/mol. The van der Waals surface area contributed by atoms with E-state index in [4.69, 9.17) is 15.2 Å². The van der Waals surface area contributed by atoms with Crippen molar-refractivity contribution in [2.75, 3.05) is 63.8 Å². The molecule has 1 aliphatic carbocycles. The number of nitrogens with one attached hydrogen (secondary N) is 2. The predicted molar refractivity (Wildman–Crippen MR) is 170 cm³/mol. The number of carbonyl (C=O) groups is 1. The van der Waals surface area contributed by atoms with Crippen LogP contribution in [0.5, 0.6) is 11.5 Å². The van der Waals surface area contributed by atoms with Gasteiger partial charge in [0.05, 0.1) is 31.0 Å². The number of urea groups is 1. The number of nitrogens with two attached hydrogens (primary N) is 1. The molecule has 2 fully saturated rings. The van der Waals surface area contributed by atoms with Gasteiger partial charge in [-0.25, -0.2) is 19.2 Å². The topological polar surface area (TPSA) is 123 Å². The van der Waals surface area contributed by atoms with Crippen molar-refractivity contribution in [3.63, 3.8) is 0 Å². The highest BCUT2D eigenvalue weighted by molar-refractivity contribution is 6.02. The lowest BCUT2D eigenvalue weighted by Gasteiger charge is -2.41. The number of amides is 2. The third kappa shape index (κ3) is 6.00. The number of methoxy groups -OCH3 is 2. The van der Waals surface area contributed by atoms with Crippen molar-refractivity contribution in [2.24, 2.45) is 0 Å². The number of anilines is 3. The van der Waals surface area contributed by atoms with Crippen LogP contribution in [0.4, 0.5) is 26.4 Å². The number of benzene rings is 2. The van der Waals surface area contributed by atoms with Crippen LogP contribution in [0.3, 0.4) is 0 Å². The van der Waals surface area contributed by atoms with Crippen LogP contribution < -0.4 is 25.8 Å². The first-order chi connectivity index (χ1) is 21.3. The molecule has 2 aromatic heterocycles. The number of aromatic nitrogens is 3. The normalized spacial score (nSPS) is 19.5. The summed E-state index contributed by atoms with van der Waals surface area (Å²) in [7, 11) is 5.21. The van der Waals surface area contributed by atoms with E-state index in [-0.39, 0.29) is 11.7 Å². The van der Waals surface area contributed by atoms with Crippen LogP contribution in [0.15, 0.2) is 48.9 Å². The maximum Gasteiger partial charge on any atom is 0.323 e. The van der Waals surface area contributed by atoms with E-state index in [1.807, 2.05) is 6.20 Å². The number of nitrogens with zero attached hydrogens (tertiary/aromatic N) is 5. The van der Waals surface area contributed by atoms with Crippen LogP contribution >= 0.6 is 0 Å². The molecule has 1 saturated heterocycles. The molecule has 6 rings (SSSR count). The molecule has 4 N–H and O–H groups in total. The van der Waals surface area contributed by atoms with Crippen LogP contribution in [0, 0.1) is 5.82 Å².